The summed E-state index contributed by atoms with van der Waals surface area (Å²) in [6.45, 7) is 3.79. The molecular weight excluding hydrogens is 132 g/mol. The van der Waals surface area contributed by atoms with Crippen molar-refractivity contribution in [2.24, 2.45) is 10.3 Å². The molecule has 0 aliphatic carbocycles. The Morgan fingerprint density at radius 3 is 2.30 bits per heavy atom. The molecule has 0 aromatic rings. The van der Waals surface area contributed by atoms with Crippen molar-refractivity contribution in [2.75, 3.05) is 7.11 Å². The maximum absolute atomic E-state index is 4.81. The SMILES string of the molecule is CO/N=C/C=N/OC(C)C. The van der Waals surface area contributed by atoms with Crippen molar-refractivity contribution in [1.82, 2.24) is 0 Å². The third-order valence-electron chi connectivity index (χ3n) is 0.565. The van der Waals surface area contributed by atoms with Gasteiger partial charge < -0.3 is 9.68 Å². The normalized spacial score (nSPS) is 11.6. The van der Waals surface area contributed by atoms with Crippen LogP contribution in [0.2, 0.25) is 0 Å². The van der Waals surface area contributed by atoms with E-state index in [1.54, 1.807) is 0 Å². The van der Waals surface area contributed by atoms with Gasteiger partial charge in [-0.2, -0.15) is 0 Å². The minimum absolute atomic E-state index is 0.104. The summed E-state index contributed by atoms with van der Waals surface area (Å²) in [6.07, 6.45) is 2.93. The topological polar surface area (TPSA) is 43.2 Å². The van der Waals surface area contributed by atoms with Gasteiger partial charge in [-0.1, -0.05) is 10.3 Å². The molecule has 0 unspecified atom stereocenters. The lowest BCUT2D eigenvalue weighted by atomic mass is 10.5. The smallest absolute Gasteiger partial charge is 0.122 e. The minimum atomic E-state index is 0.104. The van der Waals surface area contributed by atoms with E-state index in [2.05, 4.69) is 15.1 Å². The molecular formula is C6H12N2O2. The monoisotopic (exact) mass is 144 g/mol. The Kier molecular flexibility index (Phi) is 5.42. The third kappa shape index (κ3) is 6.94. The van der Waals surface area contributed by atoms with Gasteiger partial charge in [0.2, 0.25) is 0 Å². The number of nitrogens with zero attached hydrogens (tertiary/aromatic N) is 2. The fourth-order valence-electron chi connectivity index (χ4n) is 0.272. The van der Waals surface area contributed by atoms with Gasteiger partial charge in [0.05, 0.1) is 12.4 Å². The van der Waals surface area contributed by atoms with Crippen LogP contribution in [0.1, 0.15) is 13.8 Å². The van der Waals surface area contributed by atoms with Crippen molar-refractivity contribution in [3.05, 3.63) is 0 Å². The first-order valence-corrected chi connectivity index (χ1v) is 3.01. The van der Waals surface area contributed by atoms with E-state index in [4.69, 9.17) is 4.84 Å². The van der Waals surface area contributed by atoms with Gasteiger partial charge in [0, 0.05) is 0 Å². The highest BCUT2D eigenvalue weighted by atomic mass is 16.6. The fourth-order valence-corrected chi connectivity index (χ4v) is 0.272. The number of oxime groups is 2. The molecule has 0 aliphatic rings. The van der Waals surface area contributed by atoms with Crippen LogP contribution in [0.3, 0.4) is 0 Å². The first-order valence-electron chi connectivity index (χ1n) is 3.01. The summed E-state index contributed by atoms with van der Waals surface area (Å²) < 4.78 is 0. The second kappa shape index (κ2) is 6.07. The third-order valence-corrected chi connectivity index (χ3v) is 0.565. The van der Waals surface area contributed by atoms with E-state index < -0.39 is 0 Å². The van der Waals surface area contributed by atoms with Gasteiger partial charge in [-0.3, -0.25) is 0 Å². The summed E-state index contributed by atoms with van der Waals surface area (Å²) in [5.74, 6) is 0. The maximum atomic E-state index is 4.81. The molecule has 0 aliphatic heterocycles. The van der Waals surface area contributed by atoms with E-state index in [0.717, 1.165) is 0 Å². The molecule has 0 heterocycles. The molecule has 0 saturated carbocycles. The van der Waals surface area contributed by atoms with E-state index >= 15 is 0 Å². The van der Waals surface area contributed by atoms with Crippen molar-refractivity contribution in [2.45, 2.75) is 20.0 Å². The maximum Gasteiger partial charge on any atom is 0.122 e. The Balaban J connectivity index is 3.28. The molecule has 0 atom stereocenters. The molecule has 0 aromatic carbocycles. The zero-order valence-corrected chi connectivity index (χ0v) is 6.44. The standard InChI is InChI=1S/C6H12N2O2/c1-6(2)10-8-5-4-7-9-3/h4-6H,1-3H3/b7-4+,8-5+. The first-order chi connectivity index (χ1) is 4.77. The molecule has 4 heteroatoms. The molecule has 0 aromatic heterocycles. The van der Waals surface area contributed by atoms with Crippen LogP contribution in [0.5, 0.6) is 0 Å². The predicted octanol–water partition coefficient (Wildman–Crippen LogP) is 1.03. The van der Waals surface area contributed by atoms with Crippen LogP contribution in [0.4, 0.5) is 0 Å². The van der Waals surface area contributed by atoms with Crippen LogP contribution in [-0.4, -0.2) is 25.6 Å². The summed E-state index contributed by atoms with van der Waals surface area (Å²) in [7, 11) is 1.47. The average Bonchev–Trinajstić information content (AvgIpc) is 1.87. The average molecular weight is 144 g/mol. The van der Waals surface area contributed by atoms with Crippen LogP contribution < -0.4 is 0 Å². The Labute approximate surface area is 60.5 Å². The lowest BCUT2D eigenvalue weighted by Crippen LogP contribution is -1.95. The van der Waals surface area contributed by atoms with Crippen molar-refractivity contribution in [3.8, 4) is 0 Å². The Morgan fingerprint density at radius 2 is 1.80 bits per heavy atom. The van der Waals surface area contributed by atoms with Gasteiger partial charge in [-0.25, -0.2) is 0 Å². The second-order valence-corrected chi connectivity index (χ2v) is 1.85. The summed E-state index contributed by atoms with van der Waals surface area (Å²) in [5.41, 5.74) is 0. The second-order valence-electron chi connectivity index (χ2n) is 1.85. The lowest BCUT2D eigenvalue weighted by molar-refractivity contribution is 0.0876. The molecule has 58 valence electrons. The van der Waals surface area contributed by atoms with Gasteiger partial charge in [0.25, 0.3) is 0 Å². The zero-order chi connectivity index (χ0) is 7.82. The quantitative estimate of drug-likeness (QED) is 0.437. The van der Waals surface area contributed by atoms with Gasteiger partial charge >= 0.3 is 0 Å². The molecule has 4 nitrogen and oxygen atoms in total. The highest BCUT2D eigenvalue weighted by Gasteiger charge is 1.84. The van der Waals surface area contributed by atoms with Crippen molar-refractivity contribution >= 4 is 12.4 Å². The Morgan fingerprint density at radius 1 is 1.20 bits per heavy atom. The van der Waals surface area contributed by atoms with Crippen LogP contribution in [-0.2, 0) is 9.68 Å². The van der Waals surface area contributed by atoms with Crippen LogP contribution >= 0.6 is 0 Å². The molecule has 0 rings (SSSR count). The van der Waals surface area contributed by atoms with Gasteiger partial charge in [-0.05, 0) is 13.8 Å². The molecule has 0 N–H and O–H groups in total. The van der Waals surface area contributed by atoms with E-state index in [1.165, 1.54) is 19.5 Å². The van der Waals surface area contributed by atoms with E-state index in [9.17, 15) is 0 Å². The number of hydrogen-bond donors (Lipinski definition) is 0. The molecule has 0 amide bonds. The summed E-state index contributed by atoms with van der Waals surface area (Å²) in [4.78, 5) is 9.18. The fraction of sp³-hybridized carbons (Fsp3) is 0.667. The molecule has 0 spiro atoms. The van der Waals surface area contributed by atoms with Gasteiger partial charge in [0.1, 0.15) is 13.2 Å². The Bertz CT molecular complexity index is 121. The number of rotatable bonds is 4. The first kappa shape index (κ1) is 8.94. The molecule has 0 fully saturated rings. The van der Waals surface area contributed by atoms with Crippen LogP contribution in [0.15, 0.2) is 10.3 Å². The van der Waals surface area contributed by atoms with Crippen molar-refractivity contribution in [1.29, 1.82) is 0 Å². The van der Waals surface area contributed by atoms with Crippen LogP contribution in [0.25, 0.3) is 0 Å². The predicted molar refractivity (Wildman–Crippen MR) is 40.2 cm³/mol. The molecule has 0 bridgehead atoms. The molecule has 10 heavy (non-hydrogen) atoms. The van der Waals surface area contributed by atoms with Gasteiger partial charge in [0.15, 0.2) is 0 Å². The largest absolute Gasteiger partial charge is 0.399 e. The van der Waals surface area contributed by atoms with E-state index in [1.807, 2.05) is 13.8 Å². The zero-order valence-electron chi connectivity index (χ0n) is 6.44. The lowest BCUT2D eigenvalue weighted by Gasteiger charge is -1.98. The highest BCUT2D eigenvalue weighted by molar-refractivity contribution is 6.15. The summed E-state index contributed by atoms with van der Waals surface area (Å²) >= 11 is 0. The number of hydrogen-bond acceptors (Lipinski definition) is 4. The molecule has 0 saturated heterocycles. The van der Waals surface area contributed by atoms with Crippen LogP contribution in [0, 0.1) is 0 Å². The summed E-state index contributed by atoms with van der Waals surface area (Å²) in [5, 5.41) is 6.97. The van der Waals surface area contributed by atoms with E-state index in [0.29, 0.717) is 0 Å². The Hall–Kier alpha value is -1.06. The van der Waals surface area contributed by atoms with E-state index in [-0.39, 0.29) is 6.10 Å². The van der Waals surface area contributed by atoms with Gasteiger partial charge in [-0.15, -0.1) is 0 Å². The summed E-state index contributed by atoms with van der Waals surface area (Å²) in [6, 6.07) is 0. The minimum Gasteiger partial charge on any atom is -0.399 e. The van der Waals surface area contributed by atoms with Crippen molar-refractivity contribution < 1.29 is 9.68 Å². The van der Waals surface area contributed by atoms with Crippen molar-refractivity contribution in [3.63, 3.8) is 0 Å². The molecule has 0 radical (unpaired) electrons. The highest BCUT2D eigenvalue weighted by Crippen LogP contribution is 1.84.